The molecule has 6 nitrogen and oxygen atoms in total. The topological polar surface area (TPSA) is 89.0 Å². The van der Waals surface area contributed by atoms with Gasteiger partial charge in [-0.05, 0) is 51.5 Å². The Balaban J connectivity index is 1.53. The Labute approximate surface area is 184 Å². The van der Waals surface area contributed by atoms with E-state index in [2.05, 4.69) is 15.3 Å². The highest BCUT2D eigenvalue weighted by atomic mass is 32.2. The standard InChI is InChI=1S/C24H21N3O3S/c1-12-13(2)25-24(26-14(12)3)31-15(4)23(30)27-16-9-10-19-20(11-16)22(29)18-8-6-5-7-17(18)21(19)28/h5-11,15H,1-4H3,(H,27,30). The quantitative estimate of drug-likeness (QED) is 0.383. The van der Waals surface area contributed by atoms with E-state index in [-0.39, 0.29) is 17.5 Å². The number of anilines is 1. The molecule has 0 bridgehead atoms. The van der Waals surface area contributed by atoms with Crippen LogP contribution in [0.15, 0.2) is 47.6 Å². The number of hydrogen-bond donors (Lipinski definition) is 1. The second kappa shape index (κ2) is 8.07. The lowest BCUT2D eigenvalue weighted by Gasteiger charge is -2.18. The van der Waals surface area contributed by atoms with Gasteiger partial charge in [-0.3, -0.25) is 14.4 Å². The molecule has 3 aromatic rings. The Kier molecular flexibility index (Phi) is 5.45. The van der Waals surface area contributed by atoms with E-state index < -0.39 is 5.25 Å². The minimum Gasteiger partial charge on any atom is -0.325 e. The maximum Gasteiger partial charge on any atom is 0.237 e. The van der Waals surface area contributed by atoms with E-state index in [1.807, 2.05) is 20.8 Å². The average molecular weight is 432 g/mol. The van der Waals surface area contributed by atoms with E-state index in [0.717, 1.165) is 17.0 Å². The summed E-state index contributed by atoms with van der Waals surface area (Å²) in [5.41, 5.74) is 4.73. The summed E-state index contributed by atoms with van der Waals surface area (Å²) in [5.74, 6) is -0.642. The van der Waals surface area contributed by atoms with Crippen molar-refractivity contribution in [3.63, 3.8) is 0 Å². The van der Waals surface area contributed by atoms with Crippen molar-refractivity contribution in [3.8, 4) is 0 Å². The molecular weight excluding hydrogens is 410 g/mol. The van der Waals surface area contributed by atoms with Crippen LogP contribution in [-0.4, -0.2) is 32.7 Å². The summed E-state index contributed by atoms with van der Waals surface area (Å²) in [6.07, 6.45) is 0. The number of nitrogens with zero attached hydrogens (tertiary/aromatic N) is 2. The van der Waals surface area contributed by atoms with Gasteiger partial charge in [0.25, 0.3) is 0 Å². The molecule has 156 valence electrons. The van der Waals surface area contributed by atoms with Gasteiger partial charge >= 0.3 is 0 Å². The Morgan fingerprint density at radius 1 is 0.871 bits per heavy atom. The van der Waals surface area contributed by atoms with Crippen LogP contribution in [0, 0.1) is 20.8 Å². The van der Waals surface area contributed by atoms with Crippen LogP contribution >= 0.6 is 11.8 Å². The minimum absolute atomic E-state index is 0.186. The first-order valence-corrected chi connectivity index (χ1v) is 10.8. The number of carbonyl (C=O) groups excluding carboxylic acids is 3. The first-order chi connectivity index (χ1) is 14.8. The molecule has 4 rings (SSSR count). The Hall–Kier alpha value is -3.32. The van der Waals surface area contributed by atoms with Crippen molar-refractivity contribution >= 4 is 34.9 Å². The van der Waals surface area contributed by atoms with E-state index in [0.29, 0.717) is 33.1 Å². The highest BCUT2D eigenvalue weighted by molar-refractivity contribution is 8.00. The largest absolute Gasteiger partial charge is 0.325 e. The maximum atomic E-state index is 12.9. The number of fused-ring (bicyclic) bond motifs is 2. The molecule has 1 atom stereocenters. The van der Waals surface area contributed by atoms with Crippen molar-refractivity contribution in [2.24, 2.45) is 0 Å². The number of rotatable bonds is 4. The third-order valence-corrected chi connectivity index (χ3v) is 6.42. The van der Waals surface area contributed by atoms with Gasteiger partial charge in [-0.25, -0.2) is 9.97 Å². The lowest BCUT2D eigenvalue weighted by atomic mass is 9.84. The fourth-order valence-electron chi connectivity index (χ4n) is 3.43. The van der Waals surface area contributed by atoms with E-state index in [1.165, 1.54) is 11.8 Å². The molecule has 1 amide bonds. The van der Waals surface area contributed by atoms with Crippen molar-refractivity contribution < 1.29 is 14.4 Å². The molecule has 31 heavy (non-hydrogen) atoms. The minimum atomic E-state index is -0.449. The third kappa shape index (κ3) is 3.88. The van der Waals surface area contributed by atoms with Crippen molar-refractivity contribution in [1.82, 2.24) is 9.97 Å². The van der Waals surface area contributed by atoms with E-state index in [9.17, 15) is 14.4 Å². The molecule has 0 fully saturated rings. The fraction of sp³-hybridized carbons (Fsp3) is 0.208. The van der Waals surface area contributed by atoms with Crippen molar-refractivity contribution in [2.45, 2.75) is 38.1 Å². The summed E-state index contributed by atoms with van der Waals surface area (Å²) in [6, 6.07) is 11.6. The molecule has 0 saturated carbocycles. The number of carbonyl (C=O) groups is 3. The van der Waals surface area contributed by atoms with Gasteiger partial charge in [0.15, 0.2) is 16.7 Å². The Morgan fingerprint density at radius 2 is 1.42 bits per heavy atom. The number of nitrogens with one attached hydrogen (secondary N) is 1. The molecule has 1 heterocycles. The number of aromatic nitrogens is 2. The normalized spacial score (nSPS) is 13.4. The zero-order valence-electron chi connectivity index (χ0n) is 17.6. The summed E-state index contributed by atoms with van der Waals surface area (Å²) in [7, 11) is 0. The smallest absolute Gasteiger partial charge is 0.237 e. The number of amides is 1. The van der Waals surface area contributed by atoms with Crippen LogP contribution in [0.2, 0.25) is 0 Å². The number of benzene rings is 2. The van der Waals surface area contributed by atoms with Gasteiger partial charge in [0.1, 0.15) is 0 Å². The van der Waals surface area contributed by atoms with Gasteiger partial charge in [0.05, 0.1) is 5.25 Å². The highest BCUT2D eigenvalue weighted by Crippen LogP contribution is 2.29. The van der Waals surface area contributed by atoms with Gasteiger partial charge in [-0.15, -0.1) is 0 Å². The summed E-state index contributed by atoms with van der Waals surface area (Å²) in [6.45, 7) is 7.58. The zero-order valence-corrected chi connectivity index (χ0v) is 18.5. The maximum absolute atomic E-state index is 12.9. The lowest BCUT2D eigenvalue weighted by molar-refractivity contribution is -0.115. The predicted molar refractivity (Wildman–Crippen MR) is 120 cm³/mol. The number of aryl methyl sites for hydroxylation is 2. The van der Waals surface area contributed by atoms with Crippen molar-refractivity contribution in [2.75, 3.05) is 5.32 Å². The van der Waals surface area contributed by atoms with E-state index >= 15 is 0 Å². The third-order valence-electron chi connectivity index (χ3n) is 5.46. The second-order valence-electron chi connectivity index (χ2n) is 7.52. The molecular formula is C24H21N3O3S. The molecule has 1 N–H and O–H groups in total. The first kappa shape index (κ1) is 20.9. The molecule has 2 aromatic carbocycles. The van der Waals surface area contributed by atoms with Crippen LogP contribution in [-0.2, 0) is 4.79 Å². The van der Waals surface area contributed by atoms with Crippen molar-refractivity contribution in [3.05, 3.63) is 81.7 Å². The lowest BCUT2D eigenvalue weighted by Crippen LogP contribution is -2.24. The molecule has 0 spiro atoms. The number of hydrogen-bond acceptors (Lipinski definition) is 6. The predicted octanol–water partition coefficient (Wildman–Crippen LogP) is 4.30. The van der Waals surface area contributed by atoms with Crippen LogP contribution in [0.3, 0.4) is 0 Å². The molecule has 0 saturated heterocycles. The van der Waals surface area contributed by atoms with Gasteiger partial charge < -0.3 is 5.32 Å². The summed E-state index contributed by atoms with van der Waals surface area (Å²) in [4.78, 5) is 47.2. The van der Waals surface area contributed by atoms with Gasteiger partial charge in [-0.1, -0.05) is 36.0 Å². The summed E-state index contributed by atoms with van der Waals surface area (Å²) in [5, 5.41) is 2.93. The monoisotopic (exact) mass is 431 g/mol. The summed E-state index contributed by atoms with van der Waals surface area (Å²) >= 11 is 1.27. The molecule has 1 aromatic heterocycles. The molecule has 1 aliphatic carbocycles. The first-order valence-electron chi connectivity index (χ1n) is 9.88. The highest BCUT2D eigenvalue weighted by Gasteiger charge is 2.29. The SMILES string of the molecule is Cc1nc(SC(C)C(=O)Nc2ccc3c(c2)C(=O)c2ccccc2C3=O)nc(C)c1C. The summed E-state index contributed by atoms with van der Waals surface area (Å²) < 4.78 is 0. The second-order valence-corrected chi connectivity index (χ2v) is 8.82. The molecule has 1 unspecified atom stereocenters. The fourth-order valence-corrected chi connectivity index (χ4v) is 4.29. The van der Waals surface area contributed by atoms with Crippen LogP contribution in [0.25, 0.3) is 0 Å². The van der Waals surface area contributed by atoms with Gasteiger partial charge in [0.2, 0.25) is 5.91 Å². The number of ketones is 2. The molecule has 0 radical (unpaired) electrons. The Bertz CT molecular complexity index is 1230. The molecule has 7 heteroatoms. The van der Waals surface area contributed by atoms with Gasteiger partial charge in [0, 0.05) is 39.3 Å². The van der Waals surface area contributed by atoms with Gasteiger partial charge in [-0.2, -0.15) is 0 Å². The van der Waals surface area contributed by atoms with Crippen LogP contribution < -0.4 is 5.32 Å². The van der Waals surface area contributed by atoms with Crippen LogP contribution in [0.1, 0.15) is 55.7 Å². The zero-order chi connectivity index (χ0) is 22.3. The van der Waals surface area contributed by atoms with Crippen LogP contribution in [0.5, 0.6) is 0 Å². The van der Waals surface area contributed by atoms with Crippen LogP contribution in [0.4, 0.5) is 5.69 Å². The number of thioether (sulfide) groups is 1. The molecule has 0 aliphatic heterocycles. The average Bonchev–Trinajstić information content (AvgIpc) is 2.75. The Morgan fingerprint density at radius 3 is 2.03 bits per heavy atom. The van der Waals surface area contributed by atoms with E-state index in [4.69, 9.17) is 0 Å². The van der Waals surface area contributed by atoms with Crippen molar-refractivity contribution in [1.29, 1.82) is 0 Å². The molecule has 1 aliphatic rings. The van der Waals surface area contributed by atoms with E-state index in [1.54, 1.807) is 49.4 Å².